The molecule has 0 spiro atoms. The van der Waals surface area contributed by atoms with Gasteiger partial charge in [0, 0.05) is 52.0 Å². The number of rotatable bonds is 8. The van der Waals surface area contributed by atoms with E-state index in [0.29, 0.717) is 6.54 Å². The highest BCUT2D eigenvalue weighted by Crippen LogP contribution is 2.14. The molecule has 2 aliphatic heterocycles. The first kappa shape index (κ1) is 24.9. The number of likely N-dealkylation sites (tertiary alicyclic amines) is 1. The summed E-state index contributed by atoms with van der Waals surface area (Å²) < 4.78 is 11.1. The number of hydrogen-bond acceptors (Lipinski definition) is 4. The predicted molar refractivity (Wildman–Crippen MR) is 130 cm³/mol. The van der Waals surface area contributed by atoms with Crippen LogP contribution in [-0.4, -0.2) is 69.4 Å². The standard InChI is InChI=1S/C22H34N4O3.HI/c1-23-22(24-11-5-14-29-20-10-15-28-17-20)25-16-18-6-8-19(9-7-18)21(27)26-12-3-2-4-13-26;/h6-9,20H,2-5,10-17H2,1H3,(H2,23,24,25);1H. The van der Waals surface area contributed by atoms with Crippen molar-refractivity contribution in [3.05, 3.63) is 35.4 Å². The lowest BCUT2D eigenvalue weighted by atomic mass is 10.1. The van der Waals surface area contributed by atoms with Gasteiger partial charge in [0.2, 0.25) is 0 Å². The first-order valence-electron chi connectivity index (χ1n) is 10.8. The highest BCUT2D eigenvalue weighted by molar-refractivity contribution is 14.0. The summed E-state index contributed by atoms with van der Waals surface area (Å²) in [5.41, 5.74) is 1.89. The van der Waals surface area contributed by atoms with Crippen LogP contribution in [0, 0.1) is 0 Å². The summed E-state index contributed by atoms with van der Waals surface area (Å²) in [4.78, 5) is 18.8. The third kappa shape index (κ3) is 8.03. The van der Waals surface area contributed by atoms with Crippen molar-refractivity contribution in [3.63, 3.8) is 0 Å². The molecule has 1 aromatic rings. The first-order valence-corrected chi connectivity index (χ1v) is 10.8. The van der Waals surface area contributed by atoms with Crippen molar-refractivity contribution >= 4 is 35.8 Å². The molecule has 8 heteroatoms. The molecule has 1 atom stereocenters. The maximum absolute atomic E-state index is 12.5. The van der Waals surface area contributed by atoms with Crippen LogP contribution in [0.15, 0.2) is 29.3 Å². The van der Waals surface area contributed by atoms with E-state index in [4.69, 9.17) is 9.47 Å². The molecule has 1 unspecified atom stereocenters. The van der Waals surface area contributed by atoms with E-state index in [9.17, 15) is 4.79 Å². The lowest BCUT2D eigenvalue weighted by molar-refractivity contribution is 0.0420. The highest BCUT2D eigenvalue weighted by atomic mass is 127. The Labute approximate surface area is 197 Å². The summed E-state index contributed by atoms with van der Waals surface area (Å²) in [6, 6.07) is 7.87. The summed E-state index contributed by atoms with van der Waals surface area (Å²) in [7, 11) is 1.77. The summed E-state index contributed by atoms with van der Waals surface area (Å²) in [5.74, 6) is 0.913. The number of ether oxygens (including phenoxy) is 2. The Morgan fingerprint density at radius 2 is 1.97 bits per heavy atom. The van der Waals surface area contributed by atoms with Crippen molar-refractivity contribution in [2.24, 2.45) is 4.99 Å². The molecule has 2 N–H and O–H groups in total. The largest absolute Gasteiger partial charge is 0.379 e. The van der Waals surface area contributed by atoms with Crippen LogP contribution < -0.4 is 10.6 Å². The number of guanidine groups is 1. The van der Waals surface area contributed by atoms with Gasteiger partial charge < -0.3 is 25.0 Å². The molecule has 2 saturated heterocycles. The number of amides is 1. The Morgan fingerprint density at radius 1 is 1.20 bits per heavy atom. The van der Waals surface area contributed by atoms with Crippen LogP contribution in [0.25, 0.3) is 0 Å². The number of halogens is 1. The number of aliphatic imine (C=N–C) groups is 1. The van der Waals surface area contributed by atoms with E-state index in [1.165, 1.54) is 6.42 Å². The molecule has 30 heavy (non-hydrogen) atoms. The van der Waals surface area contributed by atoms with Gasteiger partial charge in [0.05, 0.1) is 12.7 Å². The maximum Gasteiger partial charge on any atom is 0.253 e. The van der Waals surface area contributed by atoms with Gasteiger partial charge in [-0.2, -0.15) is 0 Å². The summed E-state index contributed by atoms with van der Waals surface area (Å²) in [6.07, 6.45) is 5.63. The van der Waals surface area contributed by atoms with Crippen molar-refractivity contribution in [1.82, 2.24) is 15.5 Å². The van der Waals surface area contributed by atoms with E-state index in [-0.39, 0.29) is 36.0 Å². The number of piperidine rings is 1. The Bertz CT molecular complexity index is 657. The summed E-state index contributed by atoms with van der Waals surface area (Å²) >= 11 is 0. The van der Waals surface area contributed by atoms with E-state index in [2.05, 4.69) is 15.6 Å². The Morgan fingerprint density at radius 3 is 2.63 bits per heavy atom. The number of nitrogens with zero attached hydrogens (tertiary/aromatic N) is 2. The fraction of sp³-hybridized carbons (Fsp3) is 0.636. The number of carbonyl (C=O) groups is 1. The fourth-order valence-corrected chi connectivity index (χ4v) is 3.62. The van der Waals surface area contributed by atoms with E-state index in [1.807, 2.05) is 29.2 Å². The molecule has 2 heterocycles. The monoisotopic (exact) mass is 530 g/mol. The molecule has 2 aliphatic rings. The van der Waals surface area contributed by atoms with Gasteiger partial charge in [0.15, 0.2) is 5.96 Å². The van der Waals surface area contributed by atoms with Crippen LogP contribution in [0.2, 0.25) is 0 Å². The lowest BCUT2D eigenvalue weighted by Gasteiger charge is -2.26. The zero-order valence-corrected chi connectivity index (χ0v) is 20.2. The van der Waals surface area contributed by atoms with Crippen molar-refractivity contribution in [1.29, 1.82) is 0 Å². The van der Waals surface area contributed by atoms with Gasteiger partial charge in [0.1, 0.15) is 0 Å². The normalized spacial score (nSPS) is 19.3. The minimum Gasteiger partial charge on any atom is -0.379 e. The van der Waals surface area contributed by atoms with Crippen LogP contribution in [0.1, 0.15) is 48.0 Å². The zero-order valence-electron chi connectivity index (χ0n) is 17.9. The van der Waals surface area contributed by atoms with Gasteiger partial charge >= 0.3 is 0 Å². The van der Waals surface area contributed by atoms with E-state index < -0.39 is 0 Å². The van der Waals surface area contributed by atoms with Crippen LogP contribution in [0.4, 0.5) is 0 Å². The molecule has 0 radical (unpaired) electrons. The molecule has 0 aliphatic carbocycles. The Kier molecular flexibility index (Phi) is 11.5. The second kappa shape index (κ2) is 13.8. The summed E-state index contributed by atoms with van der Waals surface area (Å²) in [6.45, 7) is 5.48. The minimum absolute atomic E-state index is 0. The van der Waals surface area contributed by atoms with Crippen molar-refractivity contribution in [2.45, 2.75) is 44.8 Å². The molecule has 168 valence electrons. The molecule has 1 amide bonds. The molecule has 3 rings (SSSR count). The quantitative estimate of drug-likeness (QED) is 0.234. The smallest absolute Gasteiger partial charge is 0.253 e. The number of benzene rings is 1. The van der Waals surface area contributed by atoms with Crippen molar-refractivity contribution in [2.75, 3.05) is 46.5 Å². The molecule has 0 saturated carbocycles. The topological polar surface area (TPSA) is 75.2 Å². The van der Waals surface area contributed by atoms with E-state index >= 15 is 0 Å². The van der Waals surface area contributed by atoms with E-state index in [0.717, 1.165) is 82.2 Å². The number of nitrogens with one attached hydrogen (secondary N) is 2. The number of carbonyl (C=O) groups excluding carboxylic acids is 1. The Balaban J connectivity index is 0.00000320. The number of hydrogen-bond donors (Lipinski definition) is 2. The molecule has 1 aromatic carbocycles. The van der Waals surface area contributed by atoms with E-state index in [1.54, 1.807) is 7.05 Å². The van der Waals surface area contributed by atoms with Crippen LogP contribution in [0.3, 0.4) is 0 Å². The first-order chi connectivity index (χ1) is 14.3. The van der Waals surface area contributed by atoms with Crippen molar-refractivity contribution < 1.29 is 14.3 Å². The zero-order chi connectivity index (χ0) is 20.3. The third-order valence-electron chi connectivity index (χ3n) is 5.38. The SMILES string of the molecule is CN=C(NCCCOC1CCOC1)NCc1ccc(C(=O)N2CCCCC2)cc1.I. The molecule has 0 aromatic heterocycles. The third-order valence-corrected chi connectivity index (χ3v) is 5.38. The van der Waals surface area contributed by atoms with Gasteiger partial charge in [-0.1, -0.05) is 12.1 Å². The van der Waals surface area contributed by atoms with Gasteiger partial charge in [0.25, 0.3) is 5.91 Å². The van der Waals surface area contributed by atoms with Crippen LogP contribution in [-0.2, 0) is 16.0 Å². The second-order valence-electron chi connectivity index (χ2n) is 7.61. The highest BCUT2D eigenvalue weighted by Gasteiger charge is 2.18. The van der Waals surface area contributed by atoms with Crippen LogP contribution >= 0.6 is 24.0 Å². The maximum atomic E-state index is 12.5. The average molecular weight is 530 g/mol. The van der Waals surface area contributed by atoms with Crippen LogP contribution in [0.5, 0.6) is 0 Å². The van der Waals surface area contributed by atoms with Crippen molar-refractivity contribution in [3.8, 4) is 0 Å². The minimum atomic E-state index is 0. The molecular weight excluding hydrogens is 495 g/mol. The molecule has 7 nitrogen and oxygen atoms in total. The average Bonchev–Trinajstić information content (AvgIpc) is 3.30. The predicted octanol–water partition coefficient (Wildman–Crippen LogP) is 2.79. The van der Waals surface area contributed by atoms with Gasteiger partial charge in [-0.25, -0.2) is 0 Å². The van der Waals surface area contributed by atoms with Gasteiger partial charge in [-0.15, -0.1) is 24.0 Å². The molecular formula is C22H35IN4O3. The molecule has 2 fully saturated rings. The lowest BCUT2D eigenvalue weighted by Crippen LogP contribution is -2.37. The van der Waals surface area contributed by atoms with Gasteiger partial charge in [-0.05, 0) is 49.8 Å². The second-order valence-corrected chi connectivity index (χ2v) is 7.61. The Hall–Kier alpha value is -1.39. The summed E-state index contributed by atoms with van der Waals surface area (Å²) in [5, 5.41) is 6.62. The fourth-order valence-electron chi connectivity index (χ4n) is 3.62. The molecule has 0 bridgehead atoms. The van der Waals surface area contributed by atoms with Gasteiger partial charge in [-0.3, -0.25) is 9.79 Å².